The largest absolute Gasteiger partial charge is 0.494 e. The summed E-state index contributed by atoms with van der Waals surface area (Å²) in [5.41, 5.74) is 3.24. The number of ether oxygens (including phenoxy) is 1. The number of rotatable bonds is 5. The van der Waals surface area contributed by atoms with Crippen LogP contribution in [0.15, 0.2) is 42.5 Å². The van der Waals surface area contributed by atoms with Crippen molar-refractivity contribution in [3.05, 3.63) is 48.0 Å². The third-order valence-corrected chi connectivity index (χ3v) is 3.67. The van der Waals surface area contributed by atoms with Crippen molar-refractivity contribution in [2.24, 2.45) is 0 Å². The highest BCUT2D eigenvalue weighted by Crippen LogP contribution is 2.24. The molecule has 0 saturated carbocycles. The Kier molecular flexibility index (Phi) is 4.03. The minimum absolute atomic E-state index is 0.269. The zero-order valence-corrected chi connectivity index (χ0v) is 12.7. The fourth-order valence-corrected chi connectivity index (χ4v) is 2.50. The lowest BCUT2D eigenvalue weighted by atomic mass is 10.2. The van der Waals surface area contributed by atoms with Crippen molar-refractivity contribution >= 4 is 21.9 Å². The Labute approximate surface area is 128 Å². The highest BCUT2D eigenvalue weighted by molar-refractivity contribution is 7.70. The van der Waals surface area contributed by atoms with Gasteiger partial charge in [-0.15, -0.1) is 5.10 Å². The molecule has 0 bridgehead atoms. The van der Waals surface area contributed by atoms with E-state index < -0.39 is 10.9 Å². The molecule has 1 heterocycles. The maximum absolute atomic E-state index is 10.5. The van der Waals surface area contributed by atoms with Crippen molar-refractivity contribution in [3.8, 4) is 11.4 Å². The summed E-state index contributed by atoms with van der Waals surface area (Å²) >= 11 is 0. The number of hydrogen-bond donors (Lipinski definition) is 2. The van der Waals surface area contributed by atoms with Crippen LogP contribution in [0.4, 0.5) is 0 Å². The van der Waals surface area contributed by atoms with Gasteiger partial charge in [-0.2, -0.15) is 0 Å². The Morgan fingerprint density at radius 2 is 1.95 bits per heavy atom. The second-order valence-corrected chi connectivity index (χ2v) is 5.42. The summed E-state index contributed by atoms with van der Waals surface area (Å²) in [6.07, 6.45) is 0. The van der Waals surface area contributed by atoms with Crippen LogP contribution in [-0.2, 0) is 17.4 Å². The lowest BCUT2D eigenvalue weighted by Crippen LogP contribution is -2.10. The zero-order chi connectivity index (χ0) is 15.5. The smallest absolute Gasteiger partial charge is 0.201 e. The summed E-state index contributed by atoms with van der Waals surface area (Å²) in [4.78, 5) is 0. The van der Waals surface area contributed by atoms with Crippen LogP contribution in [-0.4, -0.2) is 30.5 Å². The number of hydrogen-bond acceptors (Lipinski definition) is 5. The van der Waals surface area contributed by atoms with Gasteiger partial charge in [0.15, 0.2) is 5.52 Å². The SMILES string of the molecule is COc1cccc2c1nnn2-c1ccc(CN[SH](=O)=O)cc1. The first-order chi connectivity index (χ1) is 10.7. The number of nitrogens with one attached hydrogen (secondary N) is 1. The molecule has 0 aliphatic rings. The van der Waals surface area contributed by atoms with Crippen LogP contribution >= 0.6 is 0 Å². The van der Waals surface area contributed by atoms with Gasteiger partial charge in [-0.05, 0) is 29.8 Å². The van der Waals surface area contributed by atoms with E-state index in [0.717, 1.165) is 16.8 Å². The molecule has 22 heavy (non-hydrogen) atoms. The second kappa shape index (κ2) is 6.12. The third kappa shape index (κ3) is 2.78. The van der Waals surface area contributed by atoms with E-state index in [1.54, 1.807) is 11.8 Å². The molecule has 1 N–H and O–H groups in total. The predicted molar refractivity (Wildman–Crippen MR) is 82.6 cm³/mol. The molecule has 0 saturated heterocycles. The summed E-state index contributed by atoms with van der Waals surface area (Å²) in [6.45, 7) is 0.269. The molecule has 2 aromatic carbocycles. The van der Waals surface area contributed by atoms with Gasteiger partial charge in [0.25, 0.3) is 0 Å². The van der Waals surface area contributed by atoms with E-state index in [1.165, 1.54) is 0 Å². The van der Waals surface area contributed by atoms with Crippen molar-refractivity contribution in [2.75, 3.05) is 7.11 Å². The van der Waals surface area contributed by atoms with E-state index in [4.69, 9.17) is 4.74 Å². The Morgan fingerprint density at radius 1 is 1.18 bits per heavy atom. The number of nitrogens with zero attached hydrogens (tertiary/aromatic N) is 3. The number of benzene rings is 2. The molecular formula is C14H14N4O3S. The maximum atomic E-state index is 10.5. The van der Waals surface area contributed by atoms with Gasteiger partial charge in [0.05, 0.1) is 18.3 Å². The number of aromatic nitrogens is 3. The van der Waals surface area contributed by atoms with Gasteiger partial charge in [-0.3, -0.25) is 0 Å². The molecule has 7 nitrogen and oxygen atoms in total. The molecule has 114 valence electrons. The quantitative estimate of drug-likeness (QED) is 0.687. The molecule has 0 atom stereocenters. The van der Waals surface area contributed by atoms with Crippen LogP contribution in [0.2, 0.25) is 0 Å². The molecule has 3 aromatic rings. The molecule has 1 aromatic heterocycles. The number of thiol groups is 1. The molecule has 0 aliphatic carbocycles. The van der Waals surface area contributed by atoms with Crippen LogP contribution in [0.5, 0.6) is 5.75 Å². The van der Waals surface area contributed by atoms with Crippen molar-refractivity contribution in [1.29, 1.82) is 0 Å². The molecule has 0 radical (unpaired) electrons. The van der Waals surface area contributed by atoms with Gasteiger partial charge in [0.1, 0.15) is 5.75 Å². The van der Waals surface area contributed by atoms with Crippen molar-refractivity contribution in [3.63, 3.8) is 0 Å². The predicted octanol–water partition coefficient (Wildman–Crippen LogP) is 1.05. The number of methoxy groups -OCH3 is 1. The summed E-state index contributed by atoms with van der Waals surface area (Å²) in [5, 5.41) is 8.30. The van der Waals surface area contributed by atoms with E-state index in [2.05, 4.69) is 15.0 Å². The minimum atomic E-state index is -2.59. The molecule has 3 rings (SSSR count). The Morgan fingerprint density at radius 3 is 2.64 bits per heavy atom. The van der Waals surface area contributed by atoms with E-state index in [0.29, 0.717) is 11.3 Å². The van der Waals surface area contributed by atoms with E-state index in [-0.39, 0.29) is 6.54 Å². The number of fused-ring (bicyclic) bond motifs is 1. The molecule has 0 amide bonds. The normalized spacial score (nSPS) is 11.2. The van der Waals surface area contributed by atoms with Gasteiger partial charge >= 0.3 is 0 Å². The average molecular weight is 318 g/mol. The first kappa shape index (κ1) is 14.5. The summed E-state index contributed by atoms with van der Waals surface area (Å²) < 4.78 is 30.4. The summed E-state index contributed by atoms with van der Waals surface area (Å²) in [7, 11) is -0.995. The first-order valence-corrected chi connectivity index (χ1v) is 7.72. The van der Waals surface area contributed by atoms with Crippen LogP contribution in [0.3, 0.4) is 0 Å². The molecule has 0 aliphatic heterocycles. The van der Waals surface area contributed by atoms with Crippen molar-refractivity contribution in [2.45, 2.75) is 6.54 Å². The van der Waals surface area contributed by atoms with Crippen LogP contribution in [0, 0.1) is 0 Å². The van der Waals surface area contributed by atoms with Crippen LogP contribution in [0.25, 0.3) is 16.7 Å². The highest BCUT2D eigenvalue weighted by atomic mass is 32.2. The molecule has 0 spiro atoms. The van der Waals surface area contributed by atoms with E-state index >= 15 is 0 Å². The second-order valence-electron chi connectivity index (χ2n) is 4.59. The topological polar surface area (TPSA) is 86.1 Å². The fourth-order valence-electron chi connectivity index (χ4n) is 2.19. The van der Waals surface area contributed by atoms with Crippen LogP contribution < -0.4 is 9.46 Å². The van der Waals surface area contributed by atoms with E-state index in [1.807, 2.05) is 42.5 Å². The highest BCUT2D eigenvalue weighted by Gasteiger charge is 2.10. The molecule has 8 heteroatoms. The van der Waals surface area contributed by atoms with Crippen LogP contribution in [0.1, 0.15) is 5.56 Å². The third-order valence-electron chi connectivity index (χ3n) is 3.25. The average Bonchev–Trinajstić information content (AvgIpc) is 2.97. The molecule has 0 unspecified atom stereocenters. The summed E-state index contributed by atoms with van der Waals surface area (Å²) in [6, 6.07) is 13.0. The zero-order valence-electron chi connectivity index (χ0n) is 11.8. The fraction of sp³-hybridized carbons (Fsp3) is 0.143. The summed E-state index contributed by atoms with van der Waals surface area (Å²) in [5.74, 6) is 0.670. The monoisotopic (exact) mass is 318 g/mol. The van der Waals surface area contributed by atoms with Crippen molar-refractivity contribution < 1.29 is 13.2 Å². The lowest BCUT2D eigenvalue weighted by molar-refractivity contribution is 0.419. The first-order valence-electron chi connectivity index (χ1n) is 6.54. The van der Waals surface area contributed by atoms with Gasteiger partial charge in [-0.25, -0.2) is 17.8 Å². The Balaban J connectivity index is 1.94. The van der Waals surface area contributed by atoms with Gasteiger partial charge in [0, 0.05) is 6.54 Å². The Hall–Kier alpha value is -2.45. The van der Waals surface area contributed by atoms with Gasteiger partial charge < -0.3 is 4.74 Å². The maximum Gasteiger partial charge on any atom is 0.201 e. The van der Waals surface area contributed by atoms with Gasteiger partial charge in [0.2, 0.25) is 10.9 Å². The lowest BCUT2D eigenvalue weighted by Gasteiger charge is -2.05. The molecule has 0 fully saturated rings. The molecular weight excluding hydrogens is 304 g/mol. The Bertz CT molecular complexity index is 863. The van der Waals surface area contributed by atoms with Crippen molar-refractivity contribution in [1.82, 2.24) is 19.7 Å². The van der Waals surface area contributed by atoms with E-state index in [9.17, 15) is 8.42 Å². The standard InChI is InChI=1S/C14H14N4O3S/c1-21-13-4-2-3-12-14(13)16-17-18(12)11-7-5-10(6-8-11)9-15-22(19)20/h2-8,22H,9H2,1H3,(H,15,19,20). The van der Waals surface area contributed by atoms with Gasteiger partial charge in [-0.1, -0.05) is 23.4 Å². The minimum Gasteiger partial charge on any atom is -0.494 e.